The van der Waals surface area contributed by atoms with Crippen LogP contribution in [0, 0.1) is 5.41 Å². The lowest BCUT2D eigenvalue weighted by atomic mass is 9.76. The molecular weight excluding hydrogens is 296 g/mol. The van der Waals surface area contributed by atoms with Crippen LogP contribution in [-0.2, 0) is 19.6 Å². The summed E-state index contributed by atoms with van der Waals surface area (Å²) in [5, 5.41) is 14.4. The summed E-state index contributed by atoms with van der Waals surface area (Å²) >= 11 is 0. The van der Waals surface area contributed by atoms with Gasteiger partial charge in [0.05, 0.1) is 11.2 Å². The molecule has 1 amide bonds. The first-order valence-electron chi connectivity index (χ1n) is 7.22. The van der Waals surface area contributed by atoms with Crippen LogP contribution in [0.15, 0.2) is 0 Å². The number of hydrogen-bond donors (Lipinski definition) is 2. The fourth-order valence-corrected chi connectivity index (χ4v) is 3.44. The third-order valence-corrected chi connectivity index (χ3v) is 4.79. The Hall–Kier alpha value is -1.15. The smallest absolute Gasteiger partial charge is 0.311 e. The summed E-state index contributed by atoms with van der Waals surface area (Å²) in [5.41, 5.74) is -0.859. The first-order valence-corrected chi connectivity index (χ1v) is 8.93. The van der Waals surface area contributed by atoms with E-state index in [0.29, 0.717) is 25.8 Å². The van der Waals surface area contributed by atoms with Gasteiger partial charge in [-0.1, -0.05) is 13.3 Å². The van der Waals surface area contributed by atoms with Gasteiger partial charge in [-0.15, -0.1) is 0 Å². The number of carbonyl (C=O) groups is 2. The van der Waals surface area contributed by atoms with E-state index in [9.17, 15) is 23.1 Å². The number of piperidine rings is 1. The van der Waals surface area contributed by atoms with Crippen molar-refractivity contribution in [1.82, 2.24) is 4.90 Å². The summed E-state index contributed by atoms with van der Waals surface area (Å²) in [7, 11) is -3.56. The summed E-state index contributed by atoms with van der Waals surface area (Å²) in [5.74, 6) is -1.28. The third kappa shape index (κ3) is 5.28. The first kappa shape index (κ1) is 17.9. The van der Waals surface area contributed by atoms with Crippen LogP contribution in [0.5, 0.6) is 0 Å². The van der Waals surface area contributed by atoms with Crippen LogP contribution in [0.4, 0.5) is 0 Å². The van der Waals surface area contributed by atoms with Crippen LogP contribution in [0.25, 0.3) is 0 Å². The van der Waals surface area contributed by atoms with Crippen molar-refractivity contribution < 1.29 is 23.1 Å². The summed E-state index contributed by atoms with van der Waals surface area (Å²) in [6.45, 7) is 2.68. The molecule has 1 aliphatic heterocycles. The maximum atomic E-state index is 12.1. The predicted molar refractivity (Wildman–Crippen MR) is 78.0 cm³/mol. The molecule has 1 atom stereocenters. The van der Waals surface area contributed by atoms with E-state index in [1.165, 1.54) is 0 Å². The SMILES string of the molecule is CCCC1(C(=O)O)CCCN(C(=O)CCCS(N)(=O)=O)C1. The summed E-state index contributed by atoms with van der Waals surface area (Å²) in [6, 6.07) is 0. The third-order valence-electron chi connectivity index (χ3n) is 3.93. The largest absolute Gasteiger partial charge is 0.481 e. The molecule has 0 bridgehead atoms. The van der Waals surface area contributed by atoms with Gasteiger partial charge in [0.1, 0.15) is 0 Å². The van der Waals surface area contributed by atoms with E-state index >= 15 is 0 Å². The number of amides is 1. The molecular formula is C13H24N2O5S. The molecule has 1 aliphatic rings. The number of hydrogen-bond acceptors (Lipinski definition) is 4. The van der Waals surface area contributed by atoms with E-state index in [-0.39, 0.29) is 31.0 Å². The normalized spacial score (nSPS) is 23.0. The van der Waals surface area contributed by atoms with Crippen molar-refractivity contribution in [3.8, 4) is 0 Å². The van der Waals surface area contributed by atoms with Crippen molar-refractivity contribution in [2.24, 2.45) is 10.6 Å². The molecule has 122 valence electrons. The minimum absolute atomic E-state index is 0.0816. The van der Waals surface area contributed by atoms with Gasteiger partial charge in [-0.3, -0.25) is 9.59 Å². The second-order valence-corrected chi connectivity index (χ2v) is 7.46. The van der Waals surface area contributed by atoms with Gasteiger partial charge >= 0.3 is 5.97 Å². The van der Waals surface area contributed by atoms with Crippen molar-refractivity contribution in [3.63, 3.8) is 0 Å². The maximum absolute atomic E-state index is 12.1. The number of sulfonamides is 1. The highest BCUT2D eigenvalue weighted by Crippen LogP contribution is 2.35. The topological polar surface area (TPSA) is 118 Å². The molecule has 1 saturated heterocycles. The van der Waals surface area contributed by atoms with Crippen molar-refractivity contribution >= 4 is 21.9 Å². The number of carbonyl (C=O) groups excluding carboxylic acids is 1. The van der Waals surface area contributed by atoms with Gasteiger partial charge in [0.25, 0.3) is 0 Å². The van der Waals surface area contributed by atoms with Gasteiger partial charge in [0.15, 0.2) is 0 Å². The number of rotatable bonds is 7. The molecule has 1 heterocycles. The standard InChI is InChI=1S/C13H24N2O5S/c1-2-6-13(12(17)18)7-4-8-15(10-13)11(16)5-3-9-21(14,19)20/h2-10H2,1H3,(H,17,18)(H2,14,19,20). The molecule has 1 unspecified atom stereocenters. The second-order valence-electron chi connectivity index (χ2n) is 5.72. The molecule has 0 spiro atoms. The van der Waals surface area contributed by atoms with Crippen molar-refractivity contribution in [3.05, 3.63) is 0 Å². The lowest BCUT2D eigenvalue weighted by Crippen LogP contribution is -2.49. The molecule has 0 radical (unpaired) electrons. The molecule has 3 N–H and O–H groups in total. The van der Waals surface area contributed by atoms with Crippen LogP contribution in [-0.4, -0.2) is 49.1 Å². The Kier molecular flexibility index (Phi) is 6.15. The first-order chi connectivity index (χ1) is 9.70. The number of carboxylic acids is 1. The Bertz CT molecular complexity index is 487. The van der Waals surface area contributed by atoms with E-state index in [1.54, 1.807) is 4.90 Å². The molecule has 0 aromatic carbocycles. The molecule has 0 saturated carbocycles. The number of carboxylic acid groups (broad SMARTS) is 1. The number of aliphatic carboxylic acids is 1. The molecule has 8 heteroatoms. The molecule has 21 heavy (non-hydrogen) atoms. The number of likely N-dealkylation sites (tertiary alicyclic amines) is 1. The van der Waals surface area contributed by atoms with Crippen molar-refractivity contribution in [2.45, 2.75) is 45.4 Å². The zero-order chi connectivity index (χ0) is 16.1. The van der Waals surface area contributed by atoms with Crippen molar-refractivity contribution in [2.75, 3.05) is 18.8 Å². The average molecular weight is 320 g/mol. The van der Waals surface area contributed by atoms with E-state index in [0.717, 1.165) is 6.42 Å². The quantitative estimate of drug-likeness (QED) is 0.710. The Morgan fingerprint density at radius 3 is 2.57 bits per heavy atom. The van der Waals surface area contributed by atoms with Crippen molar-refractivity contribution in [1.29, 1.82) is 0 Å². The number of primary sulfonamides is 1. The van der Waals surface area contributed by atoms with Crippen LogP contribution in [0.1, 0.15) is 45.4 Å². The highest BCUT2D eigenvalue weighted by molar-refractivity contribution is 7.89. The highest BCUT2D eigenvalue weighted by Gasteiger charge is 2.42. The zero-order valence-electron chi connectivity index (χ0n) is 12.4. The van der Waals surface area contributed by atoms with Gasteiger partial charge in [-0.25, -0.2) is 13.6 Å². The van der Waals surface area contributed by atoms with Gasteiger partial charge in [-0.05, 0) is 25.7 Å². The molecule has 7 nitrogen and oxygen atoms in total. The van der Waals surface area contributed by atoms with Crippen LogP contribution < -0.4 is 5.14 Å². The van der Waals surface area contributed by atoms with E-state index in [4.69, 9.17) is 5.14 Å². The average Bonchev–Trinajstić information content (AvgIpc) is 2.37. The predicted octanol–water partition coefficient (Wildman–Crippen LogP) is 0.549. The summed E-state index contributed by atoms with van der Waals surface area (Å²) in [4.78, 5) is 25.2. The number of nitrogens with two attached hydrogens (primary N) is 1. The van der Waals surface area contributed by atoms with E-state index < -0.39 is 21.4 Å². The highest BCUT2D eigenvalue weighted by atomic mass is 32.2. The van der Waals surface area contributed by atoms with Gasteiger partial charge in [-0.2, -0.15) is 0 Å². The Balaban J connectivity index is 2.62. The van der Waals surface area contributed by atoms with Gasteiger partial charge in [0.2, 0.25) is 15.9 Å². The Labute approximate surface area is 125 Å². The van der Waals surface area contributed by atoms with Gasteiger partial charge in [0, 0.05) is 19.5 Å². The maximum Gasteiger partial charge on any atom is 0.311 e. The minimum atomic E-state index is -3.56. The fraction of sp³-hybridized carbons (Fsp3) is 0.846. The monoisotopic (exact) mass is 320 g/mol. The number of nitrogens with zero attached hydrogens (tertiary/aromatic N) is 1. The van der Waals surface area contributed by atoms with Gasteiger partial charge < -0.3 is 10.0 Å². The zero-order valence-corrected chi connectivity index (χ0v) is 13.2. The Morgan fingerprint density at radius 2 is 2.05 bits per heavy atom. The lowest BCUT2D eigenvalue weighted by Gasteiger charge is -2.40. The summed E-state index contributed by atoms with van der Waals surface area (Å²) in [6.07, 6.45) is 2.79. The van der Waals surface area contributed by atoms with E-state index in [1.807, 2.05) is 6.92 Å². The van der Waals surface area contributed by atoms with Crippen LogP contribution in [0.3, 0.4) is 0 Å². The lowest BCUT2D eigenvalue weighted by molar-refractivity contribution is -0.155. The molecule has 1 fully saturated rings. The Morgan fingerprint density at radius 1 is 1.38 bits per heavy atom. The molecule has 1 rings (SSSR count). The summed E-state index contributed by atoms with van der Waals surface area (Å²) < 4.78 is 21.7. The fourth-order valence-electron chi connectivity index (χ4n) is 2.89. The van der Waals surface area contributed by atoms with Crippen LogP contribution in [0.2, 0.25) is 0 Å². The van der Waals surface area contributed by atoms with E-state index in [2.05, 4.69) is 0 Å². The van der Waals surface area contributed by atoms with Crippen LogP contribution >= 0.6 is 0 Å². The molecule has 0 aromatic rings. The molecule has 0 aromatic heterocycles. The molecule has 0 aliphatic carbocycles. The second kappa shape index (κ2) is 7.22. The minimum Gasteiger partial charge on any atom is -0.481 e.